The van der Waals surface area contributed by atoms with Crippen LogP contribution in [-0.2, 0) is 17.4 Å². The number of aromatic nitrogens is 3. The number of H-pyrrole nitrogens is 1. The molecule has 8 N–H and O–H groups in total. The number of hydrogen-bond acceptors (Lipinski definition) is 7. The number of rotatable bonds is 11. The van der Waals surface area contributed by atoms with Crippen LogP contribution in [0.15, 0.2) is 64.5 Å². The summed E-state index contributed by atoms with van der Waals surface area (Å²) in [5.41, 5.74) is 16.2. The van der Waals surface area contributed by atoms with Crippen molar-refractivity contribution >= 4 is 28.6 Å². The molecule has 0 radical (unpaired) electrons. The molecule has 12 nitrogen and oxygen atoms in total. The standard InChI is InChI=1S/C21H29N7O.C17H25F2N3O/c1-21(2,3)17-11-15-13-28(20(29)27-18(15)26-17)16-7-5-14(6-8-16)12-24-9-4-10-25-19(22)23;1-17(2,3)13-8-12(16(23)21-11-15(18)19)9-14(10-13)22-6-4-20-5-7-22/h5-8,11,13,24H,4,9-10,12H2,1-3H3,(H4,22,23,25)(H,26,27,29);8-10,15,20H,4-7,11H2,1-3H3,(H,21,23). The number of aromatic amines is 1. The lowest BCUT2D eigenvalue weighted by Gasteiger charge is -2.31. The van der Waals surface area contributed by atoms with E-state index in [0.717, 1.165) is 79.3 Å². The van der Waals surface area contributed by atoms with E-state index in [1.165, 1.54) is 0 Å². The van der Waals surface area contributed by atoms with Crippen LogP contribution in [0, 0.1) is 0 Å². The number of nitrogens with zero attached hydrogens (tertiary/aromatic N) is 4. The van der Waals surface area contributed by atoms with E-state index in [9.17, 15) is 18.4 Å². The van der Waals surface area contributed by atoms with Crippen molar-refractivity contribution in [3.63, 3.8) is 0 Å². The fraction of sp³-hybridized carbons (Fsp3) is 0.474. The van der Waals surface area contributed by atoms with Crippen molar-refractivity contribution in [2.45, 2.75) is 71.8 Å². The molecule has 0 aliphatic carbocycles. The molecule has 5 rings (SSSR count). The number of halogens is 2. The minimum atomic E-state index is -2.54. The zero-order chi connectivity index (χ0) is 38.1. The lowest BCUT2D eigenvalue weighted by molar-refractivity contribution is 0.0891. The van der Waals surface area contributed by atoms with E-state index in [-0.39, 0.29) is 22.5 Å². The molecule has 3 heterocycles. The second-order valence-corrected chi connectivity index (χ2v) is 15.0. The molecule has 282 valence electrons. The number of piperazine rings is 1. The van der Waals surface area contributed by atoms with Crippen molar-refractivity contribution in [2.75, 3.05) is 50.7 Å². The Morgan fingerprint density at radius 2 is 1.67 bits per heavy atom. The van der Waals surface area contributed by atoms with Gasteiger partial charge in [0.1, 0.15) is 5.65 Å². The Hall–Kier alpha value is -4.82. The van der Waals surface area contributed by atoms with Crippen molar-refractivity contribution in [1.29, 1.82) is 0 Å². The summed E-state index contributed by atoms with van der Waals surface area (Å²) in [6.45, 7) is 17.7. The Morgan fingerprint density at radius 1 is 0.981 bits per heavy atom. The Bertz CT molecular complexity index is 1860. The van der Waals surface area contributed by atoms with Gasteiger partial charge >= 0.3 is 5.69 Å². The summed E-state index contributed by atoms with van der Waals surface area (Å²) in [6.07, 6.45) is 0.162. The van der Waals surface area contributed by atoms with Gasteiger partial charge in [-0.15, -0.1) is 0 Å². The number of nitrogens with two attached hydrogens (primary N) is 2. The van der Waals surface area contributed by atoms with Crippen LogP contribution < -0.4 is 38.0 Å². The average Bonchev–Trinajstić information content (AvgIpc) is 3.52. The molecule has 2 aromatic heterocycles. The maximum Gasteiger partial charge on any atom is 0.354 e. The maximum atomic E-state index is 12.5. The van der Waals surface area contributed by atoms with E-state index in [1.807, 2.05) is 30.5 Å². The zero-order valence-electron chi connectivity index (χ0n) is 31.2. The summed E-state index contributed by atoms with van der Waals surface area (Å²) in [5.74, 6) is -0.328. The van der Waals surface area contributed by atoms with Crippen LogP contribution in [0.25, 0.3) is 16.7 Å². The predicted octanol–water partition coefficient (Wildman–Crippen LogP) is 4.15. The predicted molar refractivity (Wildman–Crippen MR) is 206 cm³/mol. The second-order valence-electron chi connectivity index (χ2n) is 15.0. The van der Waals surface area contributed by atoms with Gasteiger partial charge in [0.15, 0.2) is 5.96 Å². The molecule has 0 spiro atoms. The molecule has 2 aromatic carbocycles. The van der Waals surface area contributed by atoms with Crippen LogP contribution in [0.4, 0.5) is 14.5 Å². The number of benzene rings is 2. The van der Waals surface area contributed by atoms with Gasteiger partial charge in [-0.3, -0.25) is 14.4 Å². The van der Waals surface area contributed by atoms with Gasteiger partial charge in [0, 0.05) is 73.2 Å². The van der Waals surface area contributed by atoms with Crippen LogP contribution in [-0.4, -0.2) is 78.6 Å². The normalized spacial score (nSPS) is 13.5. The third-order valence-corrected chi connectivity index (χ3v) is 8.61. The van der Waals surface area contributed by atoms with E-state index >= 15 is 0 Å². The monoisotopic (exact) mass is 720 g/mol. The van der Waals surface area contributed by atoms with Crippen molar-refractivity contribution in [1.82, 2.24) is 30.5 Å². The van der Waals surface area contributed by atoms with Gasteiger partial charge in [-0.05, 0) is 65.9 Å². The van der Waals surface area contributed by atoms with Gasteiger partial charge in [0.2, 0.25) is 0 Å². The molecule has 0 saturated carbocycles. The molecule has 4 aromatic rings. The first kappa shape index (κ1) is 40.0. The third-order valence-electron chi connectivity index (χ3n) is 8.61. The highest BCUT2D eigenvalue weighted by molar-refractivity contribution is 5.95. The number of nitrogens with one attached hydrogen (secondary N) is 4. The number of hydrogen-bond donors (Lipinski definition) is 6. The van der Waals surface area contributed by atoms with Crippen LogP contribution in [0.2, 0.25) is 0 Å². The van der Waals surface area contributed by atoms with Crippen molar-refractivity contribution < 1.29 is 13.6 Å². The maximum absolute atomic E-state index is 12.5. The van der Waals surface area contributed by atoms with Gasteiger partial charge in [-0.1, -0.05) is 53.7 Å². The molecule has 1 aliphatic rings. The van der Waals surface area contributed by atoms with E-state index in [1.54, 1.807) is 16.7 Å². The smallest absolute Gasteiger partial charge is 0.354 e. The van der Waals surface area contributed by atoms with Gasteiger partial charge in [-0.2, -0.15) is 4.98 Å². The highest BCUT2D eigenvalue weighted by Gasteiger charge is 2.21. The summed E-state index contributed by atoms with van der Waals surface area (Å²) in [4.78, 5) is 38.3. The van der Waals surface area contributed by atoms with E-state index in [0.29, 0.717) is 17.8 Å². The molecule has 0 atom stereocenters. The molecular weight excluding hydrogens is 666 g/mol. The van der Waals surface area contributed by atoms with E-state index < -0.39 is 18.9 Å². The highest BCUT2D eigenvalue weighted by Crippen LogP contribution is 2.29. The SMILES string of the molecule is CC(C)(C)c1cc(C(=O)NCC(F)F)cc(N2CCNCC2)c1.CC(C)(C)c1cc2cn(-c3ccc(CNCCCN=C(N)N)cc3)c(=O)nc2[nH]1. The molecule has 0 unspecified atom stereocenters. The first-order valence-electron chi connectivity index (χ1n) is 17.7. The van der Waals surface area contributed by atoms with Gasteiger partial charge < -0.3 is 37.3 Å². The molecule has 0 bridgehead atoms. The highest BCUT2D eigenvalue weighted by atomic mass is 19.3. The number of fused-ring (bicyclic) bond motifs is 1. The van der Waals surface area contributed by atoms with Crippen molar-refractivity contribution in [3.05, 3.63) is 87.6 Å². The number of anilines is 1. The molecule has 1 fully saturated rings. The third kappa shape index (κ3) is 11.6. The average molecular weight is 721 g/mol. The van der Waals surface area contributed by atoms with Crippen LogP contribution in [0.5, 0.6) is 0 Å². The minimum absolute atomic E-state index is 0.0352. The van der Waals surface area contributed by atoms with E-state index in [2.05, 4.69) is 89.5 Å². The fourth-order valence-corrected chi connectivity index (χ4v) is 5.56. The topological polar surface area (TPSA) is 171 Å². The number of carbonyl (C=O) groups excluding carboxylic acids is 1. The first-order valence-corrected chi connectivity index (χ1v) is 17.7. The van der Waals surface area contributed by atoms with Crippen molar-refractivity contribution in [3.8, 4) is 5.69 Å². The van der Waals surface area contributed by atoms with Crippen LogP contribution in [0.1, 0.15) is 75.1 Å². The summed E-state index contributed by atoms with van der Waals surface area (Å²) in [5, 5.41) is 9.85. The van der Waals surface area contributed by atoms with Crippen LogP contribution in [0.3, 0.4) is 0 Å². The minimum Gasteiger partial charge on any atom is -0.370 e. The Balaban J connectivity index is 0.000000239. The second kappa shape index (κ2) is 17.6. The van der Waals surface area contributed by atoms with E-state index in [4.69, 9.17) is 11.5 Å². The summed E-state index contributed by atoms with van der Waals surface area (Å²) >= 11 is 0. The summed E-state index contributed by atoms with van der Waals surface area (Å²) in [6, 6.07) is 15.6. The number of carbonyl (C=O) groups is 1. The molecule has 1 amide bonds. The molecule has 1 saturated heterocycles. The lowest BCUT2D eigenvalue weighted by Crippen LogP contribution is -2.43. The van der Waals surface area contributed by atoms with Gasteiger partial charge in [-0.25, -0.2) is 13.6 Å². The molecule has 14 heteroatoms. The molecular formula is C38H54F2N10O2. The van der Waals surface area contributed by atoms with Gasteiger partial charge in [0.05, 0.1) is 12.2 Å². The first-order chi connectivity index (χ1) is 24.5. The summed E-state index contributed by atoms with van der Waals surface area (Å²) in [7, 11) is 0. The van der Waals surface area contributed by atoms with Gasteiger partial charge in [0.25, 0.3) is 12.3 Å². The number of guanidine groups is 1. The lowest BCUT2D eigenvalue weighted by atomic mass is 9.85. The summed E-state index contributed by atoms with van der Waals surface area (Å²) < 4.78 is 26.2. The molecule has 52 heavy (non-hydrogen) atoms. The fourth-order valence-electron chi connectivity index (χ4n) is 5.56. The quantitative estimate of drug-likeness (QED) is 0.0763. The Kier molecular flexibility index (Phi) is 13.5. The zero-order valence-corrected chi connectivity index (χ0v) is 31.2. The number of aliphatic imine (C=N–C) groups is 1. The Labute approximate surface area is 304 Å². The number of alkyl halides is 2. The Morgan fingerprint density at radius 3 is 2.29 bits per heavy atom. The van der Waals surface area contributed by atoms with Crippen LogP contribution >= 0.6 is 0 Å². The number of amides is 1. The molecule has 1 aliphatic heterocycles. The largest absolute Gasteiger partial charge is 0.370 e. The van der Waals surface area contributed by atoms with Crippen molar-refractivity contribution in [2.24, 2.45) is 16.5 Å².